The van der Waals surface area contributed by atoms with Crippen molar-refractivity contribution in [3.05, 3.63) is 6.54 Å². The van der Waals surface area contributed by atoms with Gasteiger partial charge in [0.25, 0.3) is 0 Å². The largest absolute Gasteiger partial charge is 0.313 e. The first kappa shape index (κ1) is 9.95. The molecule has 4 nitrogen and oxygen atoms in total. The van der Waals surface area contributed by atoms with Crippen molar-refractivity contribution in [1.82, 2.24) is 10.2 Å². The van der Waals surface area contributed by atoms with Crippen molar-refractivity contribution < 1.29 is 8.42 Å². The van der Waals surface area contributed by atoms with E-state index in [1.807, 2.05) is 18.4 Å². The average Bonchev–Trinajstić information content (AvgIpc) is 2.03. The highest BCUT2D eigenvalue weighted by atomic mass is 32.2. The predicted molar refractivity (Wildman–Crippen MR) is 48.2 cm³/mol. The van der Waals surface area contributed by atoms with E-state index in [1.54, 1.807) is 0 Å². The summed E-state index contributed by atoms with van der Waals surface area (Å²) in [4.78, 5) is 1.87. The van der Waals surface area contributed by atoms with E-state index in [4.69, 9.17) is 0 Å². The van der Waals surface area contributed by atoms with Crippen molar-refractivity contribution in [2.75, 3.05) is 25.9 Å². The van der Waals surface area contributed by atoms with E-state index in [9.17, 15) is 8.42 Å². The van der Waals surface area contributed by atoms with E-state index < -0.39 is 9.84 Å². The minimum Gasteiger partial charge on any atom is -0.313 e. The van der Waals surface area contributed by atoms with E-state index in [0.29, 0.717) is 6.54 Å². The first-order valence-corrected chi connectivity index (χ1v) is 5.96. The van der Waals surface area contributed by atoms with Gasteiger partial charge in [-0.05, 0) is 6.92 Å². The Kier molecular flexibility index (Phi) is 3.09. The lowest BCUT2D eigenvalue weighted by Gasteiger charge is -2.33. The second-order valence-electron chi connectivity index (χ2n) is 2.98. The van der Waals surface area contributed by atoms with Gasteiger partial charge in [-0.1, -0.05) is 0 Å². The van der Waals surface area contributed by atoms with Crippen molar-refractivity contribution in [1.29, 1.82) is 0 Å². The zero-order valence-electron chi connectivity index (χ0n) is 7.45. The molecular formula is C7H15N2O2S. The van der Waals surface area contributed by atoms with Gasteiger partial charge in [-0.15, -0.1) is 0 Å². The maximum atomic E-state index is 11.3. The fourth-order valence-electron chi connectivity index (χ4n) is 1.39. The molecule has 1 heterocycles. The first-order chi connectivity index (χ1) is 5.55. The lowest BCUT2D eigenvalue weighted by molar-refractivity contribution is 0.259. The third-order valence-corrected chi connectivity index (χ3v) is 3.49. The van der Waals surface area contributed by atoms with Crippen molar-refractivity contribution in [2.45, 2.75) is 12.3 Å². The number of hydrogen-bond acceptors (Lipinski definition) is 4. The topological polar surface area (TPSA) is 49.4 Å². The number of nitrogens with zero attached hydrogens (tertiary/aromatic N) is 1. The summed E-state index contributed by atoms with van der Waals surface area (Å²) in [6.45, 7) is 5.86. The Morgan fingerprint density at radius 1 is 1.58 bits per heavy atom. The molecule has 1 unspecified atom stereocenters. The number of piperazine rings is 1. The third-order valence-electron chi connectivity index (χ3n) is 2.06. The molecular weight excluding hydrogens is 176 g/mol. The Balaban J connectivity index is 2.72. The highest BCUT2D eigenvalue weighted by Crippen LogP contribution is 2.10. The minimum atomic E-state index is -2.95. The summed E-state index contributed by atoms with van der Waals surface area (Å²) in [6, 6.07) is 0. The Hall–Kier alpha value is -0.130. The molecule has 1 rings (SSSR count). The molecule has 0 saturated carbocycles. The molecule has 0 amide bonds. The van der Waals surface area contributed by atoms with Crippen LogP contribution in [-0.2, 0) is 9.84 Å². The van der Waals surface area contributed by atoms with Gasteiger partial charge >= 0.3 is 0 Å². The van der Waals surface area contributed by atoms with Gasteiger partial charge in [0, 0.05) is 32.4 Å². The van der Waals surface area contributed by atoms with E-state index in [1.165, 1.54) is 6.26 Å². The van der Waals surface area contributed by atoms with Crippen molar-refractivity contribution in [3.8, 4) is 0 Å². The van der Waals surface area contributed by atoms with Crippen LogP contribution < -0.4 is 5.32 Å². The smallest absolute Gasteiger partial charge is 0.164 e. The standard InChI is InChI=1S/C7H15N2O2S/c1-3-9-5-4-8-6-7(9)12(2,10)11/h3,7-8H,4-6H2,1-2H3. The summed E-state index contributed by atoms with van der Waals surface area (Å²) in [7, 11) is -2.95. The van der Waals surface area contributed by atoms with E-state index in [-0.39, 0.29) is 5.37 Å². The maximum Gasteiger partial charge on any atom is 0.164 e. The molecule has 1 saturated heterocycles. The van der Waals surface area contributed by atoms with E-state index in [2.05, 4.69) is 5.32 Å². The van der Waals surface area contributed by atoms with Gasteiger partial charge in [-0.25, -0.2) is 8.42 Å². The molecule has 1 radical (unpaired) electrons. The number of hydrogen-bond donors (Lipinski definition) is 1. The van der Waals surface area contributed by atoms with Gasteiger partial charge in [0.15, 0.2) is 9.84 Å². The lowest BCUT2D eigenvalue weighted by Crippen LogP contribution is -2.52. The zero-order chi connectivity index (χ0) is 9.19. The summed E-state index contributed by atoms with van der Waals surface area (Å²) in [5.74, 6) is 0. The molecule has 0 aliphatic carbocycles. The van der Waals surface area contributed by atoms with Crippen LogP contribution in [0, 0.1) is 6.54 Å². The summed E-state index contributed by atoms with van der Waals surface area (Å²) in [6.07, 6.45) is 1.28. The molecule has 71 valence electrons. The first-order valence-electron chi connectivity index (χ1n) is 4.00. The molecule has 1 N–H and O–H groups in total. The summed E-state index contributed by atoms with van der Waals surface area (Å²) < 4.78 is 22.5. The highest BCUT2D eigenvalue weighted by Gasteiger charge is 2.28. The number of nitrogens with one attached hydrogen (secondary N) is 1. The Morgan fingerprint density at radius 3 is 2.67 bits per heavy atom. The predicted octanol–water partition coefficient (Wildman–Crippen LogP) is -0.556. The van der Waals surface area contributed by atoms with Gasteiger partial charge in [-0.3, -0.25) is 4.90 Å². The van der Waals surface area contributed by atoms with Gasteiger partial charge < -0.3 is 5.32 Å². The monoisotopic (exact) mass is 191 g/mol. The number of rotatable bonds is 2. The van der Waals surface area contributed by atoms with E-state index >= 15 is 0 Å². The SMILES string of the molecule is C[CH]N1CCNCC1S(C)(=O)=O. The molecule has 0 aromatic carbocycles. The van der Waals surface area contributed by atoms with Gasteiger partial charge in [0.1, 0.15) is 5.37 Å². The molecule has 5 heteroatoms. The molecule has 1 aliphatic rings. The van der Waals surface area contributed by atoms with Crippen LogP contribution in [0.4, 0.5) is 0 Å². The molecule has 0 bridgehead atoms. The van der Waals surface area contributed by atoms with Gasteiger partial charge in [0.2, 0.25) is 0 Å². The van der Waals surface area contributed by atoms with Gasteiger partial charge in [0.05, 0.1) is 0 Å². The van der Waals surface area contributed by atoms with Crippen LogP contribution in [0.25, 0.3) is 0 Å². The van der Waals surface area contributed by atoms with Crippen molar-refractivity contribution in [3.63, 3.8) is 0 Å². The molecule has 0 spiro atoms. The molecule has 12 heavy (non-hydrogen) atoms. The average molecular weight is 191 g/mol. The molecule has 1 fully saturated rings. The van der Waals surface area contributed by atoms with Crippen LogP contribution >= 0.6 is 0 Å². The molecule has 0 aromatic rings. The van der Waals surface area contributed by atoms with Crippen LogP contribution in [0.15, 0.2) is 0 Å². The van der Waals surface area contributed by atoms with Crippen LogP contribution in [0.1, 0.15) is 6.92 Å². The normalized spacial score (nSPS) is 27.3. The second-order valence-corrected chi connectivity index (χ2v) is 5.19. The van der Waals surface area contributed by atoms with Gasteiger partial charge in [-0.2, -0.15) is 0 Å². The Bertz CT molecular complexity index is 238. The summed E-state index contributed by atoms with van der Waals surface area (Å²) in [5.41, 5.74) is 0. The fraction of sp³-hybridized carbons (Fsp3) is 0.857. The Labute approximate surface area is 73.9 Å². The van der Waals surface area contributed by atoms with Crippen molar-refractivity contribution >= 4 is 9.84 Å². The molecule has 1 aliphatic heterocycles. The zero-order valence-corrected chi connectivity index (χ0v) is 8.26. The van der Waals surface area contributed by atoms with Crippen LogP contribution in [0.2, 0.25) is 0 Å². The van der Waals surface area contributed by atoms with Crippen LogP contribution in [-0.4, -0.2) is 44.6 Å². The summed E-state index contributed by atoms with van der Waals surface area (Å²) in [5, 5.41) is 2.69. The van der Waals surface area contributed by atoms with E-state index in [0.717, 1.165) is 13.1 Å². The maximum absolute atomic E-state index is 11.3. The summed E-state index contributed by atoms with van der Waals surface area (Å²) >= 11 is 0. The molecule has 0 aromatic heterocycles. The minimum absolute atomic E-state index is 0.378. The molecule has 1 atom stereocenters. The quantitative estimate of drug-likeness (QED) is 0.636. The van der Waals surface area contributed by atoms with Crippen molar-refractivity contribution in [2.24, 2.45) is 0 Å². The van der Waals surface area contributed by atoms with Crippen LogP contribution in [0.5, 0.6) is 0 Å². The Morgan fingerprint density at radius 2 is 2.25 bits per heavy atom. The fourth-order valence-corrected chi connectivity index (χ4v) is 2.53. The van der Waals surface area contributed by atoms with Crippen LogP contribution in [0.3, 0.4) is 0 Å². The lowest BCUT2D eigenvalue weighted by atomic mass is 10.4. The highest BCUT2D eigenvalue weighted by molar-refractivity contribution is 7.91. The second kappa shape index (κ2) is 3.72. The third kappa shape index (κ3) is 2.18. The number of sulfone groups is 1.